The summed E-state index contributed by atoms with van der Waals surface area (Å²) < 4.78 is 0. The van der Waals surface area contributed by atoms with E-state index in [4.69, 9.17) is 11.6 Å². The summed E-state index contributed by atoms with van der Waals surface area (Å²) in [6.45, 7) is 1.89. The molecule has 1 heterocycles. The largest absolute Gasteiger partial charge is 0.344 e. The fraction of sp³-hybridized carbons (Fsp3) is 0.333. The molecule has 5 heteroatoms. The average Bonchev–Trinajstić information content (AvgIpc) is 2.70. The third-order valence-corrected chi connectivity index (χ3v) is 3.16. The number of benzene rings is 1. The van der Waals surface area contributed by atoms with Gasteiger partial charge in [0.05, 0.1) is 0 Å². The van der Waals surface area contributed by atoms with Crippen molar-refractivity contribution < 1.29 is 9.59 Å². The van der Waals surface area contributed by atoms with E-state index in [1.54, 1.807) is 12.1 Å². The molecule has 2 amide bonds. The van der Waals surface area contributed by atoms with Gasteiger partial charge in [0.2, 0.25) is 11.8 Å². The molecule has 1 fully saturated rings. The molecule has 1 aliphatic heterocycles. The van der Waals surface area contributed by atoms with Crippen molar-refractivity contribution in [2.24, 2.45) is 0 Å². The van der Waals surface area contributed by atoms with Crippen LogP contribution in [0.3, 0.4) is 0 Å². The maximum Gasteiger partial charge on any atom is 0.246 e. The van der Waals surface area contributed by atoms with Gasteiger partial charge in [-0.2, -0.15) is 0 Å². The van der Waals surface area contributed by atoms with Crippen molar-refractivity contribution in [3.63, 3.8) is 0 Å². The highest BCUT2D eigenvalue weighted by Crippen LogP contribution is 2.20. The predicted octanol–water partition coefficient (Wildman–Crippen LogP) is 1.87. The van der Waals surface area contributed by atoms with Crippen LogP contribution < -0.4 is 10.6 Å². The molecule has 4 nitrogen and oxygen atoms in total. The summed E-state index contributed by atoms with van der Waals surface area (Å²) in [6, 6.07) is 4.90. The number of carbonyl (C=O) groups excluding carboxylic acids is 2. The Labute approximate surface area is 104 Å². The van der Waals surface area contributed by atoms with E-state index in [2.05, 4.69) is 10.6 Å². The summed E-state index contributed by atoms with van der Waals surface area (Å²) in [4.78, 5) is 22.8. The van der Waals surface area contributed by atoms with Crippen molar-refractivity contribution in [1.82, 2.24) is 5.32 Å². The van der Waals surface area contributed by atoms with Crippen LogP contribution in [0.1, 0.15) is 18.4 Å². The first kappa shape index (κ1) is 11.9. The Kier molecular flexibility index (Phi) is 3.33. The highest BCUT2D eigenvalue weighted by molar-refractivity contribution is 6.31. The lowest BCUT2D eigenvalue weighted by molar-refractivity contribution is -0.122. The standard InChI is InChI=1S/C12H13ClN2O2/c1-7-2-3-8(6-9(7)13)14-12(17)10-4-5-11(16)15-10/h2-3,6,10H,4-5H2,1H3,(H,14,17)(H,15,16). The molecule has 1 aromatic carbocycles. The SMILES string of the molecule is Cc1ccc(NC(=O)C2CCC(=O)N2)cc1Cl. The fourth-order valence-corrected chi connectivity index (χ4v) is 1.89. The van der Waals surface area contributed by atoms with E-state index in [9.17, 15) is 9.59 Å². The Balaban J connectivity index is 2.03. The Morgan fingerprint density at radius 1 is 1.53 bits per heavy atom. The fourth-order valence-electron chi connectivity index (χ4n) is 1.71. The molecule has 1 aromatic rings. The maximum atomic E-state index is 11.8. The van der Waals surface area contributed by atoms with Crippen molar-refractivity contribution in [2.45, 2.75) is 25.8 Å². The molecular weight excluding hydrogens is 240 g/mol. The third-order valence-electron chi connectivity index (χ3n) is 2.75. The van der Waals surface area contributed by atoms with E-state index in [0.717, 1.165) is 5.56 Å². The second-order valence-corrected chi connectivity index (χ2v) is 4.52. The number of anilines is 1. The molecule has 2 N–H and O–H groups in total. The van der Waals surface area contributed by atoms with Crippen LogP contribution >= 0.6 is 11.6 Å². The summed E-state index contributed by atoms with van der Waals surface area (Å²) in [7, 11) is 0. The second kappa shape index (κ2) is 4.75. The zero-order valence-corrected chi connectivity index (χ0v) is 10.2. The second-order valence-electron chi connectivity index (χ2n) is 4.11. The number of carbonyl (C=O) groups is 2. The molecule has 0 radical (unpaired) electrons. The normalized spacial score (nSPS) is 18.9. The molecule has 1 saturated heterocycles. The van der Waals surface area contributed by atoms with Crippen molar-refractivity contribution in [1.29, 1.82) is 0 Å². The smallest absolute Gasteiger partial charge is 0.246 e. The quantitative estimate of drug-likeness (QED) is 0.844. The van der Waals surface area contributed by atoms with Crippen LogP contribution in [0.4, 0.5) is 5.69 Å². The number of nitrogens with one attached hydrogen (secondary N) is 2. The molecule has 1 unspecified atom stereocenters. The van der Waals surface area contributed by atoms with Crippen LogP contribution in [0.5, 0.6) is 0 Å². The Hall–Kier alpha value is -1.55. The van der Waals surface area contributed by atoms with Gasteiger partial charge in [-0.3, -0.25) is 9.59 Å². The number of halogens is 1. The molecule has 0 bridgehead atoms. The first-order valence-electron chi connectivity index (χ1n) is 5.42. The van der Waals surface area contributed by atoms with Gasteiger partial charge >= 0.3 is 0 Å². The summed E-state index contributed by atoms with van der Waals surface area (Å²) >= 11 is 5.96. The highest BCUT2D eigenvalue weighted by Gasteiger charge is 2.27. The van der Waals surface area contributed by atoms with Crippen molar-refractivity contribution >= 4 is 29.1 Å². The van der Waals surface area contributed by atoms with E-state index in [-0.39, 0.29) is 11.8 Å². The number of rotatable bonds is 2. The molecule has 17 heavy (non-hydrogen) atoms. The lowest BCUT2D eigenvalue weighted by atomic mass is 10.2. The van der Waals surface area contributed by atoms with Crippen LogP contribution in [-0.4, -0.2) is 17.9 Å². The van der Waals surface area contributed by atoms with E-state index in [1.807, 2.05) is 13.0 Å². The maximum absolute atomic E-state index is 11.8. The molecule has 0 saturated carbocycles. The van der Waals surface area contributed by atoms with Crippen LogP contribution in [-0.2, 0) is 9.59 Å². The van der Waals surface area contributed by atoms with E-state index < -0.39 is 6.04 Å². The number of amides is 2. The van der Waals surface area contributed by atoms with Gasteiger partial charge in [0.15, 0.2) is 0 Å². The van der Waals surface area contributed by atoms with Crippen molar-refractivity contribution in [2.75, 3.05) is 5.32 Å². The van der Waals surface area contributed by atoms with Gasteiger partial charge < -0.3 is 10.6 Å². The van der Waals surface area contributed by atoms with Crippen molar-refractivity contribution in [3.8, 4) is 0 Å². The Morgan fingerprint density at radius 3 is 2.88 bits per heavy atom. The van der Waals surface area contributed by atoms with Crippen LogP contribution in [0, 0.1) is 6.92 Å². The van der Waals surface area contributed by atoms with E-state index >= 15 is 0 Å². The predicted molar refractivity (Wildman–Crippen MR) is 66.0 cm³/mol. The minimum Gasteiger partial charge on any atom is -0.344 e. The molecule has 1 atom stereocenters. The molecule has 2 rings (SSSR count). The van der Waals surface area contributed by atoms with Crippen molar-refractivity contribution in [3.05, 3.63) is 28.8 Å². The number of hydrogen-bond acceptors (Lipinski definition) is 2. The van der Waals surface area contributed by atoms with Crippen LogP contribution in [0.15, 0.2) is 18.2 Å². The van der Waals surface area contributed by atoms with Gasteiger partial charge in [0, 0.05) is 17.1 Å². The zero-order chi connectivity index (χ0) is 12.4. The molecule has 1 aliphatic rings. The van der Waals surface area contributed by atoms with E-state index in [1.165, 1.54) is 0 Å². The topological polar surface area (TPSA) is 58.2 Å². The van der Waals surface area contributed by atoms with Crippen LogP contribution in [0.25, 0.3) is 0 Å². The lowest BCUT2D eigenvalue weighted by Crippen LogP contribution is -2.37. The molecule has 0 spiro atoms. The van der Waals surface area contributed by atoms with Gasteiger partial charge in [-0.15, -0.1) is 0 Å². The Bertz CT molecular complexity index is 474. The summed E-state index contributed by atoms with van der Waals surface area (Å²) in [5, 5.41) is 5.96. The Morgan fingerprint density at radius 2 is 2.29 bits per heavy atom. The average molecular weight is 253 g/mol. The van der Waals surface area contributed by atoms with Gasteiger partial charge in [0.1, 0.15) is 6.04 Å². The summed E-state index contributed by atoms with van der Waals surface area (Å²) in [6.07, 6.45) is 0.955. The van der Waals surface area contributed by atoms with Crippen LogP contribution in [0.2, 0.25) is 5.02 Å². The van der Waals surface area contributed by atoms with Gasteiger partial charge in [-0.25, -0.2) is 0 Å². The monoisotopic (exact) mass is 252 g/mol. The van der Waals surface area contributed by atoms with Gasteiger partial charge in [0.25, 0.3) is 0 Å². The van der Waals surface area contributed by atoms with E-state index in [0.29, 0.717) is 23.6 Å². The summed E-state index contributed by atoms with van der Waals surface area (Å²) in [5.41, 5.74) is 1.60. The minimum absolute atomic E-state index is 0.0768. The number of hydrogen-bond donors (Lipinski definition) is 2. The molecule has 0 aromatic heterocycles. The molecular formula is C12H13ClN2O2. The van der Waals surface area contributed by atoms with Gasteiger partial charge in [-0.1, -0.05) is 17.7 Å². The number of aryl methyl sites for hydroxylation is 1. The lowest BCUT2D eigenvalue weighted by Gasteiger charge is -2.11. The highest BCUT2D eigenvalue weighted by atomic mass is 35.5. The first-order valence-corrected chi connectivity index (χ1v) is 5.80. The molecule has 90 valence electrons. The first-order chi connectivity index (χ1) is 8.06. The molecule has 0 aliphatic carbocycles. The summed E-state index contributed by atoms with van der Waals surface area (Å²) in [5.74, 6) is -0.275. The van der Waals surface area contributed by atoms with Gasteiger partial charge in [-0.05, 0) is 31.0 Å². The zero-order valence-electron chi connectivity index (χ0n) is 9.42. The third kappa shape index (κ3) is 2.77. The minimum atomic E-state index is -0.428.